The monoisotopic (exact) mass is 383 g/mol. The van der Waals surface area contributed by atoms with Gasteiger partial charge in [0.25, 0.3) is 5.91 Å². The lowest BCUT2D eigenvalue weighted by Crippen LogP contribution is -2.45. The minimum absolute atomic E-state index is 0.00310. The summed E-state index contributed by atoms with van der Waals surface area (Å²) < 4.78 is 28.5. The number of aryl methyl sites for hydroxylation is 1. The minimum atomic E-state index is -3.13. The number of hydrogen-bond donors (Lipinski definition) is 1. The lowest BCUT2D eigenvalue weighted by Gasteiger charge is -2.29. The molecule has 7 nitrogen and oxygen atoms in total. The number of benzene rings is 1. The molecule has 1 heterocycles. The molecular weight excluding hydrogens is 358 g/mol. The molecule has 1 N–H and O–H groups in total. The van der Waals surface area contributed by atoms with Crippen LogP contribution in [-0.2, 0) is 19.4 Å². The zero-order valence-corrected chi connectivity index (χ0v) is 16.1. The number of ether oxygens (including phenoxy) is 1. The Hall–Kier alpha value is -2.09. The van der Waals surface area contributed by atoms with Gasteiger partial charge in [-0.3, -0.25) is 4.79 Å². The predicted octanol–water partition coefficient (Wildman–Crippen LogP) is 1.53. The Morgan fingerprint density at radius 2 is 2.04 bits per heavy atom. The molecule has 0 saturated carbocycles. The van der Waals surface area contributed by atoms with Crippen LogP contribution < -0.4 is 0 Å². The van der Waals surface area contributed by atoms with Crippen molar-refractivity contribution >= 4 is 21.7 Å². The molecule has 1 aromatic rings. The van der Waals surface area contributed by atoms with E-state index in [0.29, 0.717) is 13.0 Å². The fourth-order valence-corrected chi connectivity index (χ4v) is 4.70. The van der Waals surface area contributed by atoms with E-state index in [-0.39, 0.29) is 34.8 Å². The van der Waals surface area contributed by atoms with Crippen LogP contribution in [0.3, 0.4) is 0 Å². The zero-order chi connectivity index (χ0) is 19.5. The molecule has 144 valence electrons. The van der Waals surface area contributed by atoms with Crippen molar-refractivity contribution in [3.63, 3.8) is 0 Å². The lowest BCUT2D eigenvalue weighted by molar-refractivity contribution is -0.137. The van der Waals surface area contributed by atoms with E-state index in [4.69, 9.17) is 4.74 Å². The maximum Gasteiger partial charge on any atom is 0.342 e. The van der Waals surface area contributed by atoms with Gasteiger partial charge in [-0.2, -0.15) is 0 Å². The number of sulfone groups is 1. The van der Waals surface area contributed by atoms with Crippen molar-refractivity contribution in [2.24, 2.45) is 5.92 Å². The van der Waals surface area contributed by atoms with E-state index in [2.05, 4.69) is 0 Å². The molecule has 1 aliphatic heterocycles. The highest BCUT2D eigenvalue weighted by Gasteiger charge is 2.35. The second kappa shape index (κ2) is 8.07. The van der Waals surface area contributed by atoms with E-state index in [1.807, 2.05) is 13.8 Å². The van der Waals surface area contributed by atoms with E-state index in [9.17, 15) is 23.1 Å². The minimum Gasteiger partial charge on any atom is -0.507 e. The number of carbonyl (C=O) groups excluding carboxylic acids is 2. The summed E-state index contributed by atoms with van der Waals surface area (Å²) in [5.74, 6) is -1.27. The van der Waals surface area contributed by atoms with E-state index >= 15 is 0 Å². The number of esters is 1. The maximum absolute atomic E-state index is 12.6. The van der Waals surface area contributed by atoms with Crippen LogP contribution in [-0.4, -0.2) is 61.0 Å². The molecule has 8 heteroatoms. The second-order valence-electron chi connectivity index (χ2n) is 7.09. The molecule has 0 aliphatic carbocycles. The van der Waals surface area contributed by atoms with Crippen molar-refractivity contribution in [2.45, 2.75) is 33.2 Å². The van der Waals surface area contributed by atoms with Crippen molar-refractivity contribution in [3.05, 3.63) is 29.3 Å². The number of aromatic hydroxyl groups is 1. The second-order valence-corrected chi connectivity index (χ2v) is 9.32. The fourth-order valence-electron chi connectivity index (χ4n) is 2.97. The van der Waals surface area contributed by atoms with Crippen LogP contribution >= 0.6 is 0 Å². The molecule has 0 aromatic heterocycles. The number of carbonyl (C=O) groups is 2. The van der Waals surface area contributed by atoms with Crippen LogP contribution in [0.2, 0.25) is 0 Å². The molecule has 1 aliphatic rings. The van der Waals surface area contributed by atoms with Crippen molar-refractivity contribution in [1.82, 2.24) is 4.90 Å². The molecule has 0 unspecified atom stereocenters. The van der Waals surface area contributed by atoms with Gasteiger partial charge in [0.15, 0.2) is 16.4 Å². The molecule has 1 aromatic carbocycles. The van der Waals surface area contributed by atoms with Crippen molar-refractivity contribution in [3.8, 4) is 5.75 Å². The first-order valence-electron chi connectivity index (χ1n) is 8.55. The highest BCUT2D eigenvalue weighted by molar-refractivity contribution is 7.91. The van der Waals surface area contributed by atoms with E-state index in [0.717, 1.165) is 5.56 Å². The number of phenols is 1. The summed E-state index contributed by atoms with van der Waals surface area (Å²) in [7, 11) is -3.13. The summed E-state index contributed by atoms with van der Waals surface area (Å²) in [6.07, 6.45) is 0.396. The molecular formula is C18H25NO6S. The number of phenolic OH excluding ortho intramolecular Hbond substituents is 1. The summed E-state index contributed by atoms with van der Waals surface area (Å²) >= 11 is 0. The van der Waals surface area contributed by atoms with Gasteiger partial charge < -0.3 is 14.7 Å². The Bertz CT molecular complexity index is 787. The van der Waals surface area contributed by atoms with Gasteiger partial charge in [-0.05, 0) is 31.4 Å². The van der Waals surface area contributed by atoms with Crippen LogP contribution in [0.25, 0.3) is 0 Å². The average Bonchev–Trinajstić information content (AvgIpc) is 2.91. The maximum atomic E-state index is 12.6. The normalized spacial score (nSPS) is 18.7. The van der Waals surface area contributed by atoms with Gasteiger partial charge in [-0.25, -0.2) is 13.2 Å². The van der Waals surface area contributed by atoms with Crippen molar-refractivity contribution in [2.75, 3.05) is 24.7 Å². The fraction of sp³-hybridized carbons (Fsp3) is 0.556. The van der Waals surface area contributed by atoms with E-state index < -0.39 is 28.3 Å². The van der Waals surface area contributed by atoms with E-state index in [1.54, 1.807) is 13.0 Å². The van der Waals surface area contributed by atoms with Crippen LogP contribution in [0.15, 0.2) is 18.2 Å². The molecule has 1 amide bonds. The first kappa shape index (κ1) is 20.2. The first-order valence-corrected chi connectivity index (χ1v) is 10.4. The average molecular weight is 383 g/mol. The first-order chi connectivity index (χ1) is 12.1. The predicted molar refractivity (Wildman–Crippen MR) is 96.7 cm³/mol. The van der Waals surface area contributed by atoms with E-state index in [1.165, 1.54) is 17.0 Å². The zero-order valence-electron chi connectivity index (χ0n) is 15.3. The third-order valence-electron chi connectivity index (χ3n) is 4.23. The summed E-state index contributed by atoms with van der Waals surface area (Å²) in [6.45, 7) is 5.54. The van der Waals surface area contributed by atoms with Crippen LogP contribution in [0.5, 0.6) is 5.75 Å². The molecule has 2 rings (SSSR count). The Kier molecular flexibility index (Phi) is 6.28. The number of rotatable bonds is 6. The van der Waals surface area contributed by atoms with Crippen LogP contribution in [0.4, 0.5) is 0 Å². The smallest absolute Gasteiger partial charge is 0.342 e. The Morgan fingerprint density at radius 3 is 2.62 bits per heavy atom. The summed E-state index contributed by atoms with van der Waals surface area (Å²) in [6, 6.07) is 4.14. The topological polar surface area (TPSA) is 101 Å². The Morgan fingerprint density at radius 1 is 1.35 bits per heavy atom. The standard InChI is InChI=1S/C18H25NO6S/c1-12(2)9-19(14-6-7-26(23,24)11-14)17(21)10-25-18(22)15-8-13(3)4-5-16(15)20/h4-5,8,12,14,20H,6-7,9-11H2,1-3H3/t14-/m0/s1. The summed E-state index contributed by atoms with van der Waals surface area (Å²) in [5.41, 5.74) is 0.773. The van der Waals surface area contributed by atoms with Gasteiger partial charge in [0, 0.05) is 12.6 Å². The van der Waals surface area contributed by atoms with Gasteiger partial charge in [0.2, 0.25) is 0 Å². The quantitative estimate of drug-likeness (QED) is 0.748. The SMILES string of the molecule is Cc1ccc(O)c(C(=O)OCC(=O)N(CC(C)C)[C@H]2CCS(=O)(=O)C2)c1. The Balaban J connectivity index is 2.05. The molecule has 1 atom stereocenters. The largest absolute Gasteiger partial charge is 0.507 e. The number of nitrogens with zero attached hydrogens (tertiary/aromatic N) is 1. The number of hydrogen-bond acceptors (Lipinski definition) is 6. The third-order valence-corrected chi connectivity index (χ3v) is 5.98. The summed E-state index contributed by atoms with van der Waals surface area (Å²) in [4.78, 5) is 26.2. The lowest BCUT2D eigenvalue weighted by atomic mass is 10.1. The van der Waals surface area contributed by atoms with Crippen LogP contribution in [0.1, 0.15) is 36.2 Å². The van der Waals surface area contributed by atoms with Gasteiger partial charge in [0.05, 0.1) is 11.5 Å². The van der Waals surface area contributed by atoms with Crippen molar-refractivity contribution < 1.29 is 27.9 Å². The number of amides is 1. The van der Waals surface area contributed by atoms with Crippen LogP contribution in [0, 0.1) is 12.8 Å². The molecule has 0 spiro atoms. The summed E-state index contributed by atoms with van der Waals surface area (Å²) in [5, 5.41) is 9.77. The highest BCUT2D eigenvalue weighted by atomic mass is 32.2. The highest BCUT2D eigenvalue weighted by Crippen LogP contribution is 2.21. The molecule has 0 radical (unpaired) electrons. The molecule has 0 bridgehead atoms. The van der Waals surface area contributed by atoms with Gasteiger partial charge in [-0.1, -0.05) is 25.5 Å². The third kappa shape index (κ3) is 5.20. The van der Waals surface area contributed by atoms with Crippen molar-refractivity contribution in [1.29, 1.82) is 0 Å². The Labute approximate surface area is 153 Å². The molecule has 1 saturated heterocycles. The van der Waals surface area contributed by atoms with Gasteiger partial charge in [0.1, 0.15) is 11.3 Å². The van der Waals surface area contributed by atoms with Gasteiger partial charge in [-0.15, -0.1) is 0 Å². The molecule has 26 heavy (non-hydrogen) atoms. The molecule has 1 fully saturated rings. The van der Waals surface area contributed by atoms with Gasteiger partial charge >= 0.3 is 5.97 Å².